The monoisotopic (exact) mass is 349 g/mol. The van der Waals surface area contributed by atoms with Gasteiger partial charge in [0.1, 0.15) is 5.75 Å². The molecule has 0 aliphatic carbocycles. The fourth-order valence-corrected chi connectivity index (χ4v) is 2.93. The zero-order chi connectivity index (χ0) is 18.5. The molecule has 5 heteroatoms. The van der Waals surface area contributed by atoms with E-state index in [0.29, 0.717) is 0 Å². The summed E-state index contributed by atoms with van der Waals surface area (Å²) in [6.45, 7) is 4.18. The number of aromatic nitrogens is 1. The first-order chi connectivity index (χ1) is 12.6. The maximum absolute atomic E-state index is 12.4. The summed E-state index contributed by atoms with van der Waals surface area (Å²) in [6, 6.07) is 15.5. The van der Waals surface area contributed by atoms with Gasteiger partial charge >= 0.3 is 0 Å². The molecule has 26 heavy (non-hydrogen) atoms. The first kappa shape index (κ1) is 17.7. The van der Waals surface area contributed by atoms with Gasteiger partial charge in [-0.3, -0.25) is 9.78 Å². The summed E-state index contributed by atoms with van der Waals surface area (Å²) in [6.07, 6.45) is 0.873. The first-order valence-electron chi connectivity index (χ1n) is 8.67. The Labute approximate surface area is 153 Å². The largest absolute Gasteiger partial charge is 0.497 e. The normalized spacial score (nSPS) is 10.6. The second-order valence-corrected chi connectivity index (χ2v) is 6.11. The predicted octanol–water partition coefficient (Wildman–Crippen LogP) is 4.16. The molecule has 0 spiro atoms. The van der Waals surface area contributed by atoms with Gasteiger partial charge in [-0.2, -0.15) is 0 Å². The molecule has 0 aliphatic heterocycles. The third-order valence-electron chi connectivity index (χ3n) is 4.26. The van der Waals surface area contributed by atoms with Crippen LogP contribution in [0.5, 0.6) is 5.75 Å². The Hall–Kier alpha value is -3.08. The maximum Gasteiger partial charge on any atom is 0.243 e. The van der Waals surface area contributed by atoms with Crippen molar-refractivity contribution >= 4 is 28.2 Å². The average molecular weight is 349 g/mol. The number of pyridine rings is 1. The van der Waals surface area contributed by atoms with Gasteiger partial charge in [0.05, 0.1) is 19.2 Å². The van der Waals surface area contributed by atoms with Gasteiger partial charge in [0.25, 0.3) is 0 Å². The number of hydrogen-bond donors (Lipinski definition) is 2. The summed E-state index contributed by atoms with van der Waals surface area (Å²) in [4.78, 5) is 16.9. The molecule has 0 unspecified atom stereocenters. The highest BCUT2D eigenvalue weighted by molar-refractivity contribution is 5.97. The van der Waals surface area contributed by atoms with E-state index in [4.69, 9.17) is 4.74 Å². The Bertz CT molecular complexity index is 938. The number of rotatable bonds is 6. The highest BCUT2D eigenvalue weighted by Gasteiger charge is 2.09. The van der Waals surface area contributed by atoms with Crippen LogP contribution in [0.15, 0.2) is 48.5 Å². The van der Waals surface area contributed by atoms with E-state index in [1.165, 1.54) is 0 Å². The fraction of sp³-hybridized carbons (Fsp3) is 0.238. The number of hydrogen-bond acceptors (Lipinski definition) is 4. The lowest BCUT2D eigenvalue weighted by molar-refractivity contribution is -0.114. The van der Waals surface area contributed by atoms with Crippen molar-refractivity contribution in [3.05, 3.63) is 59.8 Å². The van der Waals surface area contributed by atoms with E-state index in [2.05, 4.69) is 22.5 Å². The van der Waals surface area contributed by atoms with Crippen molar-refractivity contribution in [3.63, 3.8) is 0 Å². The second-order valence-electron chi connectivity index (χ2n) is 6.11. The molecule has 2 N–H and O–H groups in total. The van der Waals surface area contributed by atoms with Crippen LogP contribution in [0.25, 0.3) is 10.9 Å². The number of nitrogens with zero attached hydrogens (tertiary/aromatic N) is 1. The Kier molecular flexibility index (Phi) is 5.37. The van der Waals surface area contributed by atoms with Gasteiger partial charge in [0.15, 0.2) is 0 Å². The van der Waals surface area contributed by atoms with Crippen LogP contribution >= 0.6 is 0 Å². The van der Waals surface area contributed by atoms with Gasteiger partial charge in [-0.15, -0.1) is 0 Å². The molecule has 0 bridgehead atoms. The van der Waals surface area contributed by atoms with Crippen LogP contribution in [0.1, 0.15) is 18.2 Å². The maximum atomic E-state index is 12.4. The van der Waals surface area contributed by atoms with Crippen molar-refractivity contribution in [2.75, 3.05) is 24.3 Å². The fourth-order valence-electron chi connectivity index (χ4n) is 2.93. The van der Waals surface area contributed by atoms with Crippen LogP contribution in [0.3, 0.4) is 0 Å². The second kappa shape index (κ2) is 7.87. The Balaban J connectivity index is 1.77. The lowest BCUT2D eigenvalue weighted by atomic mass is 10.1. The Morgan fingerprint density at radius 2 is 1.92 bits per heavy atom. The van der Waals surface area contributed by atoms with E-state index in [9.17, 15) is 4.79 Å². The minimum absolute atomic E-state index is 0.0867. The lowest BCUT2D eigenvalue weighted by Gasteiger charge is -2.13. The molecular weight excluding hydrogens is 326 g/mol. The molecule has 3 aromatic rings. The minimum atomic E-state index is -0.0867. The molecule has 1 amide bonds. The summed E-state index contributed by atoms with van der Waals surface area (Å²) in [5, 5.41) is 7.13. The number of carbonyl (C=O) groups excluding carboxylic acids is 1. The molecule has 3 rings (SSSR count). The zero-order valence-corrected chi connectivity index (χ0v) is 15.3. The molecule has 0 saturated carbocycles. The molecule has 2 aromatic carbocycles. The molecule has 1 heterocycles. The third kappa shape index (κ3) is 3.94. The SMILES string of the molecule is CCc1ccccc1NC(=O)CNc1cc(C)nc2ccc(OC)cc12. The predicted molar refractivity (Wildman–Crippen MR) is 106 cm³/mol. The number of carbonyl (C=O) groups is 1. The Morgan fingerprint density at radius 1 is 1.12 bits per heavy atom. The molecule has 1 aromatic heterocycles. The molecule has 134 valence electrons. The van der Waals surface area contributed by atoms with Crippen LogP contribution in [0, 0.1) is 6.92 Å². The topological polar surface area (TPSA) is 63.2 Å². The van der Waals surface area contributed by atoms with Crippen LogP contribution < -0.4 is 15.4 Å². The summed E-state index contributed by atoms with van der Waals surface area (Å²) in [5.74, 6) is 0.670. The van der Waals surface area contributed by atoms with Crippen molar-refractivity contribution in [3.8, 4) is 5.75 Å². The minimum Gasteiger partial charge on any atom is -0.497 e. The van der Waals surface area contributed by atoms with Gasteiger partial charge in [-0.05, 0) is 49.2 Å². The van der Waals surface area contributed by atoms with E-state index in [0.717, 1.165) is 45.7 Å². The average Bonchev–Trinajstić information content (AvgIpc) is 2.66. The smallest absolute Gasteiger partial charge is 0.243 e. The van der Waals surface area contributed by atoms with Crippen LogP contribution in [-0.4, -0.2) is 24.5 Å². The number of aryl methyl sites for hydroxylation is 2. The number of anilines is 2. The van der Waals surface area contributed by atoms with Gasteiger partial charge in [0.2, 0.25) is 5.91 Å². The van der Waals surface area contributed by atoms with Crippen LogP contribution in [-0.2, 0) is 11.2 Å². The summed E-state index contributed by atoms with van der Waals surface area (Å²) < 4.78 is 5.30. The summed E-state index contributed by atoms with van der Waals surface area (Å²) in [7, 11) is 1.63. The first-order valence-corrected chi connectivity index (χ1v) is 8.67. The molecule has 5 nitrogen and oxygen atoms in total. The van der Waals surface area contributed by atoms with Gasteiger partial charge in [0, 0.05) is 22.5 Å². The lowest BCUT2D eigenvalue weighted by Crippen LogP contribution is -2.22. The van der Waals surface area contributed by atoms with E-state index in [1.54, 1.807) is 7.11 Å². The third-order valence-corrected chi connectivity index (χ3v) is 4.26. The molecule has 0 aliphatic rings. The molecular formula is C21H23N3O2. The summed E-state index contributed by atoms with van der Waals surface area (Å²) >= 11 is 0. The number of amides is 1. The number of fused-ring (bicyclic) bond motifs is 1. The van der Waals surface area contributed by atoms with Gasteiger partial charge in [-0.1, -0.05) is 25.1 Å². The molecule has 0 radical (unpaired) electrons. The molecule has 0 atom stereocenters. The van der Waals surface area contributed by atoms with Crippen LogP contribution in [0.2, 0.25) is 0 Å². The molecule has 0 fully saturated rings. The number of ether oxygens (including phenoxy) is 1. The molecule has 0 saturated heterocycles. The van der Waals surface area contributed by atoms with Crippen molar-refractivity contribution in [2.24, 2.45) is 0 Å². The Morgan fingerprint density at radius 3 is 2.69 bits per heavy atom. The number of nitrogens with one attached hydrogen (secondary N) is 2. The van der Waals surface area contributed by atoms with Crippen LogP contribution in [0.4, 0.5) is 11.4 Å². The van der Waals surface area contributed by atoms with E-state index in [-0.39, 0.29) is 12.5 Å². The summed E-state index contributed by atoms with van der Waals surface area (Å²) in [5.41, 5.74) is 4.60. The van der Waals surface area contributed by atoms with E-state index >= 15 is 0 Å². The highest BCUT2D eigenvalue weighted by atomic mass is 16.5. The number of methoxy groups -OCH3 is 1. The van der Waals surface area contributed by atoms with Crippen molar-refractivity contribution in [2.45, 2.75) is 20.3 Å². The van der Waals surface area contributed by atoms with Crippen molar-refractivity contribution < 1.29 is 9.53 Å². The van der Waals surface area contributed by atoms with Gasteiger partial charge < -0.3 is 15.4 Å². The van der Waals surface area contributed by atoms with Crippen molar-refractivity contribution in [1.29, 1.82) is 0 Å². The number of para-hydroxylation sites is 1. The van der Waals surface area contributed by atoms with Gasteiger partial charge in [-0.25, -0.2) is 0 Å². The quantitative estimate of drug-likeness (QED) is 0.701. The standard InChI is InChI=1S/C21H23N3O2/c1-4-15-7-5-6-8-18(15)24-21(25)13-22-20-11-14(2)23-19-10-9-16(26-3)12-17(19)20/h5-12H,4,13H2,1-3H3,(H,22,23)(H,24,25). The van der Waals surface area contributed by atoms with E-state index < -0.39 is 0 Å². The van der Waals surface area contributed by atoms with Crippen molar-refractivity contribution in [1.82, 2.24) is 4.98 Å². The highest BCUT2D eigenvalue weighted by Crippen LogP contribution is 2.27. The number of benzene rings is 2. The van der Waals surface area contributed by atoms with E-state index in [1.807, 2.05) is 55.5 Å². The zero-order valence-electron chi connectivity index (χ0n) is 15.3.